The molecule has 1 aromatic carbocycles. The lowest BCUT2D eigenvalue weighted by Crippen LogP contribution is -1.95. The van der Waals surface area contributed by atoms with Gasteiger partial charge in [-0.05, 0) is 49.8 Å². The Morgan fingerprint density at radius 3 is 2.56 bits per heavy atom. The van der Waals surface area contributed by atoms with E-state index in [9.17, 15) is 0 Å². The number of rotatable bonds is 1. The van der Waals surface area contributed by atoms with Gasteiger partial charge in [0.25, 0.3) is 0 Å². The lowest BCUT2D eigenvalue weighted by atomic mass is 10.2. The van der Waals surface area contributed by atoms with Gasteiger partial charge in [-0.25, -0.2) is 4.98 Å². The highest BCUT2D eigenvalue weighted by Crippen LogP contribution is 2.20. The zero-order valence-corrected chi connectivity index (χ0v) is 11.1. The number of aromatic amines is 1. The summed E-state index contributed by atoms with van der Waals surface area (Å²) in [6.45, 7) is 4.12. The molecule has 0 saturated carbocycles. The molecule has 2 aromatic heterocycles. The molecule has 0 amide bonds. The second-order valence-corrected chi connectivity index (χ2v) is 4.81. The summed E-state index contributed by atoms with van der Waals surface area (Å²) in [5, 5.41) is 0. The van der Waals surface area contributed by atoms with E-state index >= 15 is 0 Å². The average molecular weight is 255 g/mol. The number of aromatic nitrogens is 3. The van der Waals surface area contributed by atoms with Gasteiger partial charge in [0.2, 0.25) is 0 Å². The standard InChI is InChI=1S/C14H13N3S/c1-9-3-5-11(6-4-9)17-13-12(16-14(17)18)10(2)7-8-15-13/h3-8H,1-2H3,(H,16,18). The first kappa shape index (κ1) is 11.2. The van der Waals surface area contributed by atoms with Crippen molar-refractivity contribution in [2.45, 2.75) is 13.8 Å². The second-order valence-electron chi connectivity index (χ2n) is 4.43. The fourth-order valence-corrected chi connectivity index (χ4v) is 2.35. The van der Waals surface area contributed by atoms with Crippen molar-refractivity contribution in [3.8, 4) is 5.69 Å². The van der Waals surface area contributed by atoms with Crippen LogP contribution in [0, 0.1) is 18.6 Å². The van der Waals surface area contributed by atoms with Crippen molar-refractivity contribution in [3.05, 3.63) is 52.4 Å². The fourth-order valence-electron chi connectivity index (χ4n) is 2.06. The Bertz CT molecular complexity index is 766. The minimum atomic E-state index is 0.677. The fraction of sp³-hybridized carbons (Fsp3) is 0.143. The summed E-state index contributed by atoms with van der Waals surface area (Å²) < 4.78 is 2.65. The average Bonchev–Trinajstić information content (AvgIpc) is 2.69. The molecule has 0 unspecified atom stereocenters. The molecule has 0 saturated heterocycles. The number of hydrogen-bond acceptors (Lipinski definition) is 2. The monoisotopic (exact) mass is 255 g/mol. The van der Waals surface area contributed by atoms with E-state index in [4.69, 9.17) is 12.2 Å². The molecule has 0 aliphatic carbocycles. The van der Waals surface area contributed by atoms with E-state index in [1.165, 1.54) is 5.56 Å². The Balaban J connectivity index is 2.35. The molecule has 0 bridgehead atoms. The maximum absolute atomic E-state index is 5.39. The summed E-state index contributed by atoms with van der Waals surface area (Å²) in [5.74, 6) is 0. The number of nitrogens with one attached hydrogen (secondary N) is 1. The summed E-state index contributed by atoms with van der Waals surface area (Å²) in [6.07, 6.45) is 1.81. The van der Waals surface area contributed by atoms with Crippen LogP contribution in [0.2, 0.25) is 0 Å². The molecule has 3 aromatic rings. The molecule has 1 N–H and O–H groups in total. The van der Waals surface area contributed by atoms with Crippen LogP contribution >= 0.6 is 12.2 Å². The van der Waals surface area contributed by atoms with Crippen molar-refractivity contribution < 1.29 is 0 Å². The second kappa shape index (κ2) is 4.07. The van der Waals surface area contributed by atoms with E-state index in [2.05, 4.69) is 48.1 Å². The lowest BCUT2D eigenvalue weighted by molar-refractivity contribution is 1.04. The van der Waals surface area contributed by atoms with Gasteiger partial charge in [-0.15, -0.1) is 0 Å². The van der Waals surface area contributed by atoms with Gasteiger partial charge in [-0.1, -0.05) is 17.7 Å². The van der Waals surface area contributed by atoms with Crippen LogP contribution in [0.25, 0.3) is 16.9 Å². The smallest absolute Gasteiger partial charge is 0.184 e. The van der Waals surface area contributed by atoms with E-state index in [1.54, 1.807) is 0 Å². The number of nitrogens with zero attached hydrogens (tertiary/aromatic N) is 2. The van der Waals surface area contributed by atoms with Gasteiger partial charge in [-0.3, -0.25) is 4.57 Å². The van der Waals surface area contributed by atoms with Crippen LogP contribution in [0.15, 0.2) is 36.5 Å². The number of pyridine rings is 1. The molecule has 2 heterocycles. The van der Waals surface area contributed by atoms with Gasteiger partial charge >= 0.3 is 0 Å². The first-order valence-electron chi connectivity index (χ1n) is 5.80. The molecule has 0 aliphatic heterocycles. The Morgan fingerprint density at radius 2 is 1.83 bits per heavy atom. The van der Waals surface area contributed by atoms with E-state index < -0.39 is 0 Å². The molecule has 90 valence electrons. The van der Waals surface area contributed by atoms with Crippen molar-refractivity contribution in [2.75, 3.05) is 0 Å². The minimum absolute atomic E-state index is 0.677. The molecule has 18 heavy (non-hydrogen) atoms. The summed E-state index contributed by atoms with van der Waals surface area (Å²) in [7, 11) is 0. The van der Waals surface area contributed by atoms with Gasteiger partial charge in [0.1, 0.15) is 0 Å². The van der Waals surface area contributed by atoms with Gasteiger partial charge < -0.3 is 4.98 Å². The first-order valence-corrected chi connectivity index (χ1v) is 6.21. The first-order chi connectivity index (χ1) is 8.66. The van der Waals surface area contributed by atoms with Gasteiger partial charge in [-0.2, -0.15) is 0 Å². The van der Waals surface area contributed by atoms with Crippen molar-refractivity contribution in [2.24, 2.45) is 0 Å². The predicted octanol–water partition coefficient (Wildman–Crippen LogP) is 3.70. The highest BCUT2D eigenvalue weighted by atomic mass is 32.1. The van der Waals surface area contributed by atoms with Crippen LogP contribution in [-0.2, 0) is 0 Å². The van der Waals surface area contributed by atoms with E-state index in [0.29, 0.717) is 4.77 Å². The van der Waals surface area contributed by atoms with E-state index in [-0.39, 0.29) is 0 Å². The normalized spacial score (nSPS) is 11.0. The molecule has 4 heteroatoms. The number of aryl methyl sites for hydroxylation is 2. The van der Waals surface area contributed by atoms with Crippen molar-refractivity contribution in [1.29, 1.82) is 0 Å². The SMILES string of the molecule is Cc1ccc(-n2c(=S)[nH]c3c(C)ccnc32)cc1. The number of fused-ring (bicyclic) bond motifs is 1. The third kappa shape index (κ3) is 1.66. The summed E-state index contributed by atoms with van der Waals surface area (Å²) >= 11 is 5.39. The van der Waals surface area contributed by atoms with Crippen molar-refractivity contribution >= 4 is 23.4 Å². The number of benzene rings is 1. The van der Waals surface area contributed by atoms with Gasteiger partial charge in [0, 0.05) is 11.9 Å². The third-order valence-electron chi connectivity index (χ3n) is 3.08. The number of hydrogen-bond donors (Lipinski definition) is 1. The minimum Gasteiger partial charge on any atom is -0.329 e. The third-order valence-corrected chi connectivity index (χ3v) is 3.36. The molecule has 0 spiro atoms. The maximum atomic E-state index is 5.39. The predicted molar refractivity (Wildman–Crippen MR) is 75.7 cm³/mol. The van der Waals surface area contributed by atoms with Crippen molar-refractivity contribution in [3.63, 3.8) is 0 Å². The van der Waals surface area contributed by atoms with Crippen molar-refractivity contribution in [1.82, 2.24) is 14.5 Å². The Hall–Kier alpha value is -1.94. The molecule has 0 aliphatic rings. The number of H-pyrrole nitrogens is 1. The Morgan fingerprint density at radius 1 is 1.11 bits per heavy atom. The van der Waals surface area contributed by atoms with E-state index in [1.807, 2.05) is 16.8 Å². The zero-order chi connectivity index (χ0) is 12.7. The summed E-state index contributed by atoms with van der Waals surface area (Å²) in [6, 6.07) is 10.2. The van der Waals surface area contributed by atoms with Crippen LogP contribution in [0.3, 0.4) is 0 Å². The highest BCUT2D eigenvalue weighted by molar-refractivity contribution is 7.71. The van der Waals surface area contributed by atoms with Gasteiger partial charge in [0.05, 0.1) is 5.52 Å². The highest BCUT2D eigenvalue weighted by Gasteiger charge is 2.08. The molecule has 3 rings (SSSR count). The van der Waals surface area contributed by atoms with Gasteiger partial charge in [0.15, 0.2) is 10.4 Å². The molecule has 0 atom stereocenters. The number of imidazole rings is 1. The molecular weight excluding hydrogens is 242 g/mol. The molecule has 0 fully saturated rings. The summed E-state index contributed by atoms with van der Waals surface area (Å²) in [4.78, 5) is 7.65. The molecular formula is C14H13N3S. The summed E-state index contributed by atoms with van der Waals surface area (Å²) in [5.41, 5.74) is 5.30. The molecule has 3 nitrogen and oxygen atoms in total. The maximum Gasteiger partial charge on any atom is 0.184 e. The van der Waals surface area contributed by atoms with Crippen LogP contribution in [-0.4, -0.2) is 14.5 Å². The van der Waals surface area contributed by atoms with Crippen LogP contribution in [0.4, 0.5) is 0 Å². The quantitative estimate of drug-likeness (QED) is 0.673. The largest absolute Gasteiger partial charge is 0.329 e. The lowest BCUT2D eigenvalue weighted by Gasteiger charge is -2.04. The Labute approximate surface area is 110 Å². The topological polar surface area (TPSA) is 33.6 Å². The van der Waals surface area contributed by atoms with Crippen LogP contribution in [0.1, 0.15) is 11.1 Å². The van der Waals surface area contributed by atoms with Crippen LogP contribution in [0.5, 0.6) is 0 Å². The Kier molecular flexibility index (Phi) is 2.52. The zero-order valence-electron chi connectivity index (χ0n) is 10.3. The molecule has 0 radical (unpaired) electrons. The van der Waals surface area contributed by atoms with Crippen LogP contribution < -0.4 is 0 Å². The van der Waals surface area contributed by atoms with E-state index in [0.717, 1.165) is 22.4 Å².